The molecule has 1 aliphatic rings. The average molecular weight is 387 g/mol. The maximum atomic E-state index is 3.30. The number of unbranched alkanes of at least 4 members (excludes halogenated alkanes) is 1. The standard InChI is InChI=1S/C10H15.2ClH.Hf/c1-3-4-7-10-8-5-6-9(10)2;;;/h8H,3-5,7H2,1-2H3;2*1H;/q-1;;;. The van der Waals surface area contributed by atoms with E-state index >= 15 is 0 Å². The summed E-state index contributed by atoms with van der Waals surface area (Å²) in [4.78, 5) is 0. The Morgan fingerprint density at radius 2 is 2.00 bits per heavy atom. The van der Waals surface area contributed by atoms with Gasteiger partial charge < -0.3 is 0 Å². The van der Waals surface area contributed by atoms with Gasteiger partial charge in [0.05, 0.1) is 0 Å². The van der Waals surface area contributed by atoms with Crippen molar-refractivity contribution in [2.45, 2.75) is 39.5 Å². The van der Waals surface area contributed by atoms with Crippen molar-refractivity contribution in [2.75, 3.05) is 0 Å². The van der Waals surface area contributed by atoms with Crippen molar-refractivity contribution < 1.29 is 25.8 Å². The summed E-state index contributed by atoms with van der Waals surface area (Å²) in [5, 5.41) is 0. The van der Waals surface area contributed by atoms with Crippen molar-refractivity contribution in [3.63, 3.8) is 0 Å². The number of allylic oxidation sites excluding steroid dienone is 4. The summed E-state index contributed by atoms with van der Waals surface area (Å²) < 4.78 is 0. The van der Waals surface area contributed by atoms with Gasteiger partial charge in [-0.15, -0.1) is 31.2 Å². The quantitative estimate of drug-likeness (QED) is 0.506. The van der Waals surface area contributed by atoms with E-state index in [4.69, 9.17) is 0 Å². The van der Waals surface area contributed by atoms with Gasteiger partial charge in [-0.3, -0.25) is 6.08 Å². The van der Waals surface area contributed by atoms with Gasteiger partial charge in [0.1, 0.15) is 0 Å². The normalized spacial score (nSPS) is 13.1. The molecule has 76 valence electrons. The minimum absolute atomic E-state index is 0. The Kier molecular flexibility index (Phi) is 16.5. The van der Waals surface area contributed by atoms with Crippen molar-refractivity contribution in [1.82, 2.24) is 0 Å². The molecule has 13 heavy (non-hydrogen) atoms. The number of hydrogen-bond donors (Lipinski definition) is 0. The van der Waals surface area contributed by atoms with Crippen LogP contribution < -0.4 is 0 Å². The molecule has 0 N–H and O–H groups in total. The van der Waals surface area contributed by atoms with Crippen LogP contribution in [0.3, 0.4) is 0 Å². The Bertz CT molecular complexity index is 174. The summed E-state index contributed by atoms with van der Waals surface area (Å²) in [5.74, 6) is 0. The number of halogens is 2. The van der Waals surface area contributed by atoms with E-state index in [1.165, 1.54) is 30.4 Å². The first-order chi connectivity index (χ1) is 4.84. The van der Waals surface area contributed by atoms with Crippen LogP contribution in [0.5, 0.6) is 0 Å². The molecule has 0 unspecified atom stereocenters. The fourth-order valence-electron chi connectivity index (χ4n) is 1.25. The number of rotatable bonds is 3. The molecule has 0 nitrogen and oxygen atoms in total. The minimum Gasteiger partial charge on any atom is -0.269 e. The predicted molar refractivity (Wildman–Crippen MR) is 59.2 cm³/mol. The molecule has 0 saturated carbocycles. The van der Waals surface area contributed by atoms with Crippen LogP contribution in [-0.4, -0.2) is 0 Å². The molecule has 0 spiro atoms. The first-order valence-corrected chi connectivity index (χ1v) is 4.11. The fraction of sp³-hybridized carbons (Fsp3) is 0.600. The first kappa shape index (κ1) is 19.5. The molecule has 0 aliphatic heterocycles. The second-order valence-corrected chi connectivity index (χ2v) is 2.84. The van der Waals surface area contributed by atoms with Crippen LogP contribution in [0.1, 0.15) is 39.5 Å². The molecule has 0 fully saturated rings. The Labute approximate surface area is 113 Å². The van der Waals surface area contributed by atoms with E-state index in [9.17, 15) is 0 Å². The van der Waals surface area contributed by atoms with Gasteiger partial charge in [0.25, 0.3) is 0 Å². The van der Waals surface area contributed by atoms with E-state index in [2.05, 4.69) is 26.0 Å². The first-order valence-electron chi connectivity index (χ1n) is 4.11. The van der Waals surface area contributed by atoms with E-state index in [-0.39, 0.29) is 50.7 Å². The molecule has 0 atom stereocenters. The number of hydrogen-bond acceptors (Lipinski definition) is 0. The Morgan fingerprint density at radius 1 is 1.38 bits per heavy atom. The Balaban J connectivity index is -0.000000333. The Hall–Kier alpha value is 0.930. The molecule has 1 aliphatic carbocycles. The van der Waals surface area contributed by atoms with E-state index < -0.39 is 0 Å². The Morgan fingerprint density at radius 3 is 2.38 bits per heavy atom. The van der Waals surface area contributed by atoms with Crippen LogP contribution >= 0.6 is 24.8 Å². The van der Waals surface area contributed by atoms with Crippen molar-refractivity contribution in [3.05, 3.63) is 23.3 Å². The third kappa shape index (κ3) is 6.93. The summed E-state index contributed by atoms with van der Waals surface area (Å²) in [6, 6.07) is 0. The molecule has 0 heterocycles. The van der Waals surface area contributed by atoms with Crippen LogP contribution in [0, 0.1) is 6.08 Å². The van der Waals surface area contributed by atoms with Gasteiger partial charge in [-0.25, -0.2) is 5.57 Å². The molecule has 0 bridgehead atoms. The summed E-state index contributed by atoms with van der Waals surface area (Å²) in [6.07, 6.45) is 10.5. The van der Waals surface area contributed by atoms with E-state index in [1.807, 2.05) is 0 Å². The zero-order valence-corrected chi connectivity index (χ0v) is 13.4. The fourth-order valence-corrected chi connectivity index (χ4v) is 1.25. The van der Waals surface area contributed by atoms with Gasteiger partial charge in [0, 0.05) is 25.8 Å². The molecule has 3 heteroatoms. The van der Waals surface area contributed by atoms with Gasteiger partial charge in [-0.2, -0.15) is 11.6 Å². The van der Waals surface area contributed by atoms with Gasteiger partial charge in [0.2, 0.25) is 0 Å². The van der Waals surface area contributed by atoms with Gasteiger partial charge >= 0.3 is 0 Å². The zero-order valence-electron chi connectivity index (χ0n) is 8.22. The zero-order chi connectivity index (χ0) is 7.40. The van der Waals surface area contributed by atoms with Crippen LogP contribution in [-0.2, 0) is 25.8 Å². The molecular formula is C10H17Cl2Hf-. The summed E-state index contributed by atoms with van der Waals surface area (Å²) in [5.41, 5.74) is 2.91. The molecule has 0 aromatic carbocycles. The minimum atomic E-state index is 0. The second kappa shape index (κ2) is 11.0. The molecular weight excluding hydrogens is 370 g/mol. The van der Waals surface area contributed by atoms with Gasteiger partial charge in [0.15, 0.2) is 0 Å². The van der Waals surface area contributed by atoms with Gasteiger partial charge in [-0.1, -0.05) is 33.1 Å². The van der Waals surface area contributed by atoms with Crippen molar-refractivity contribution >= 4 is 24.8 Å². The SMILES string of the molecule is CCCCC1=CC[C-]=C1C.Cl.Cl.[Hf]. The third-order valence-electron chi connectivity index (χ3n) is 2.00. The van der Waals surface area contributed by atoms with Gasteiger partial charge in [-0.05, 0) is 0 Å². The smallest absolute Gasteiger partial charge is 0 e. The largest absolute Gasteiger partial charge is 0.269 e. The third-order valence-corrected chi connectivity index (χ3v) is 2.00. The van der Waals surface area contributed by atoms with E-state index in [0.29, 0.717) is 0 Å². The summed E-state index contributed by atoms with van der Waals surface area (Å²) in [6.45, 7) is 4.40. The molecule has 0 aromatic heterocycles. The topological polar surface area (TPSA) is 0 Å². The maximum absolute atomic E-state index is 3.30. The van der Waals surface area contributed by atoms with E-state index in [0.717, 1.165) is 6.42 Å². The van der Waals surface area contributed by atoms with Crippen molar-refractivity contribution in [3.8, 4) is 0 Å². The molecule has 1 rings (SSSR count). The average Bonchev–Trinajstić information content (AvgIpc) is 2.31. The monoisotopic (exact) mass is 387 g/mol. The van der Waals surface area contributed by atoms with Crippen molar-refractivity contribution in [1.29, 1.82) is 0 Å². The van der Waals surface area contributed by atoms with E-state index in [1.54, 1.807) is 0 Å². The predicted octanol–water partition coefficient (Wildman–Crippen LogP) is 4.10. The van der Waals surface area contributed by atoms with Crippen molar-refractivity contribution in [2.24, 2.45) is 0 Å². The molecule has 0 radical (unpaired) electrons. The molecule has 0 saturated heterocycles. The van der Waals surface area contributed by atoms with Crippen LogP contribution in [0.4, 0.5) is 0 Å². The molecule has 0 amide bonds. The van der Waals surface area contributed by atoms with Crippen LogP contribution in [0.25, 0.3) is 0 Å². The summed E-state index contributed by atoms with van der Waals surface area (Å²) >= 11 is 0. The molecule has 0 aromatic rings. The second-order valence-electron chi connectivity index (χ2n) is 2.84. The maximum Gasteiger partial charge on any atom is 0 e. The summed E-state index contributed by atoms with van der Waals surface area (Å²) in [7, 11) is 0. The van der Waals surface area contributed by atoms with Crippen LogP contribution in [0.15, 0.2) is 17.2 Å². The van der Waals surface area contributed by atoms with Crippen LogP contribution in [0.2, 0.25) is 0 Å².